The third kappa shape index (κ3) is 3.50. The third-order valence-electron chi connectivity index (χ3n) is 4.35. The van der Waals surface area contributed by atoms with Gasteiger partial charge in [-0.3, -0.25) is 9.59 Å². The van der Waals surface area contributed by atoms with Crippen molar-refractivity contribution in [3.05, 3.63) is 70.8 Å². The van der Waals surface area contributed by atoms with Crippen molar-refractivity contribution in [2.75, 3.05) is 13.1 Å². The van der Waals surface area contributed by atoms with Crippen LogP contribution in [0.3, 0.4) is 0 Å². The zero-order valence-electron chi connectivity index (χ0n) is 13.4. The summed E-state index contributed by atoms with van der Waals surface area (Å²) in [6.07, 6.45) is 3.36. The molecule has 3 rings (SSSR count). The number of amides is 1. The van der Waals surface area contributed by atoms with E-state index in [9.17, 15) is 9.59 Å². The molecule has 1 amide bonds. The molecule has 1 aliphatic heterocycles. The highest BCUT2D eigenvalue weighted by atomic mass is 16.2. The lowest BCUT2D eigenvalue weighted by Gasteiger charge is -2.26. The number of likely N-dealkylation sites (tertiary alicyclic amines) is 1. The van der Waals surface area contributed by atoms with E-state index in [0.29, 0.717) is 16.7 Å². The lowest BCUT2D eigenvalue weighted by atomic mass is 10.0. The zero-order chi connectivity index (χ0) is 16.2. The highest BCUT2D eigenvalue weighted by molar-refractivity contribution is 6.09. The molecular weight excluding hydrogens is 286 g/mol. The Bertz CT molecular complexity index is 695. The first-order valence-corrected chi connectivity index (χ1v) is 8.16. The minimum Gasteiger partial charge on any atom is -0.339 e. The molecule has 1 heterocycles. The molecule has 0 radical (unpaired) electrons. The lowest BCUT2D eigenvalue weighted by molar-refractivity contribution is 0.0724. The number of benzene rings is 2. The second-order valence-corrected chi connectivity index (χ2v) is 6.13. The summed E-state index contributed by atoms with van der Waals surface area (Å²) < 4.78 is 0. The molecular formula is C20H21NO2. The van der Waals surface area contributed by atoms with Crippen LogP contribution in [0.5, 0.6) is 0 Å². The standard InChI is InChI=1S/C20H21NO2/c1-15-5-7-16(8-6-15)19(22)17-9-11-18(12-10-17)20(23)21-13-3-2-4-14-21/h5-12H,2-4,13-14H2,1H3. The molecule has 0 aromatic heterocycles. The van der Waals surface area contributed by atoms with Gasteiger partial charge in [-0.25, -0.2) is 0 Å². The van der Waals surface area contributed by atoms with Crippen LogP contribution in [-0.2, 0) is 0 Å². The molecule has 0 atom stereocenters. The SMILES string of the molecule is Cc1ccc(C(=O)c2ccc(C(=O)N3CCCCC3)cc2)cc1. The molecule has 3 nitrogen and oxygen atoms in total. The van der Waals surface area contributed by atoms with E-state index in [0.717, 1.165) is 31.5 Å². The molecule has 2 aromatic rings. The number of aryl methyl sites for hydroxylation is 1. The first kappa shape index (κ1) is 15.5. The second kappa shape index (κ2) is 6.78. The van der Waals surface area contributed by atoms with E-state index in [1.807, 2.05) is 36.1 Å². The minimum atomic E-state index is -0.0121. The number of nitrogens with zero attached hydrogens (tertiary/aromatic N) is 1. The van der Waals surface area contributed by atoms with E-state index in [1.54, 1.807) is 24.3 Å². The summed E-state index contributed by atoms with van der Waals surface area (Å²) in [5.41, 5.74) is 3.08. The van der Waals surface area contributed by atoms with Gasteiger partial charge >= 0.3 is 0 Å². The van der Waals surface area contributed by atoms with Crippen LogP contribution in [0, 0.1) is 6.92 Å². The fraction of sp³-hybridized carbons (Fsp3) is 0.300. The normalized spacial score (nSPS) is 14.6. The molecule has 0 spiro atoms. The zero-order valence-corrected chi connectivity index (χ0v) is 13.4. The molecule has 23 heavy (non-hydrogen) atoms. The Morgan fingerprint density at radius 1 is 0.739 bits per heavy atom. The fourth-order valence-corrected chi connectivity index (χ4v) is 2.92. The largest absolute Gasteiger partial charge is 0.339 e. The van der Waals surface area contributed by atoms with E-state index in [1.165, 1.54) is 6.42 Å². The Balaban J connectivity index is 1.74. The Labute approximate surface area is 136 Å². The van der Waals surface area contributed by atoms with Gasteiger partial charge in [0.2, 0.25) is 0 Å². The van der Waals surface area contributed by atoms with E-state index in [2.05, 4.69) is 0 Å². The van der Waals surface area contributed by atoms with Crippen LogP contribution in [0.2, 0.25) is 0 Å². The summed E-state index contributed by atoms with van der Waals surface area (Å²) >= 11 is 0. The molecule has 1 saturated heterocycles. The van der Waals surface area contributed by atoms with Gasteiger partial charge in [0.15, 0.2) is 5.78 Å². The van der Waals surface area contributed by atoms with Gasteiger partial charge in [0.05, 0.1) is 0 Å². The van der Waals surface area contributed by atoms with Crippen molar-refractivity contribution in [3.63, 3.8) is 0 Å². The Morgan fingerprint density at radius 3 is 1.78 bits per heavy atom. The first-order valence-electron chi connectivity index (χ1n) is 8.16. The van der Waals surface area contributed by atoms with Crippen LogP contribution in [0.1, 0.15) is 51.1 Å². The molecule has 1 fully saturated rings. The van der Waals surface area contributed by atoms with E-state index in [4.69, 9.17) is 0 Å². The summed E-state index contributed by atoms with van der Waals surface area (Å²) in [6.45, 7) is 3.67. The van der Waals surface area contributed by atoms with Gasteiger partial charge in [0.25, 0.3) is 5.91 Å². The van der Waals surface area contributed by atoms with Gasteiger partial charge in [-0.05, 0) is 38.3 Å². The van der Waals surface area contributed by atoms with Crippen molar-refractivity contribution < 1.29 is 9.59 Å². The maximum Gasteiger partial charge on any atom is 0.253 e. The van der Waals surface area contributed by atoms with E-state index >= 15 is 0 Å². The van der Waals surface area contributed by atoms with Crippen LogP contribution in [0.4, 0.5) is 0 Å². The summed E-state index contributed by atoms with van der Waals surface area (Å²) in [5.74, 6) is 0.0565. The topological polar surface area (TPSA) is 37.4 Å². The van der Waals surface area contributed by atoms with Gasteiger partial charge in [0.1, 0.15) is 0 Å². The van der Waals surface area contributed by atoms with Crippen molar-refractivity contribution in [2.45, 2.75) is 26.2 Å². The summed E-state index contributed by atoms with van der Waals surface area (Å²) in [6, 6.07) is 14.6. The quantitative estimate of drug-likeness (QED) is 0.808. The molecule has 118 valence electrons. The Hall–Kier alpha value is -2.42. The molecule has 1 aliphatic rings. The van der Waals surface area contributed by atoms with Crippen molar-refractivity contribution >= 4 is 11.7 Å². The number of hydrogen-bond acceptors (Lipinski definition) is 2. The Morgan fingerprint density at radius 2 is 1.22 bits per heavy atom. The highest BCUT2D eigenvalue weighted by Gasteiger charge is 2.18. The summed E-state index contributed by atoms with van der Waals surface area (Å²) in [7, 11) is 0. The fourth-order valence-electron chi connectivity index (χ4n) is 2.92. The average molecular weight is 307 g/mol. The van der Waals surface area contributed by atoms with Crippen molar-refractivity contribution in [1.29, 1.82) is 0 Å². The van der Waals surface area contributed by atoms with Gasteiger partial charge in [0, 0.05) is 29.8 Å². The molecule has 3 heteroatoms. The van der Waals surface area contributed by atoms with Crippen molar-refractivity contribution in [3.8, 4) is 0 Å². The number of hydrogen-bond donors (Lipinski definition) is 0. The van der Waals surface area contributed by atoms with Crippen LogP contribution in [0.15, 0.2) is 48.5 Å². The van der Waals surface area contributed by atoms with Crippen LogP contribution < -0.4 is 0 Å². The molecule has 2 aromatic carbocycles. The van der Waals surface area contributed by atoms with Gasteiger partial charge in [-0.1, -0.05) is 42.0 Å². The number of piperidine rings is 1. The van der Waals surface area contributed by atoms with Gasteiger partial charge in [-0.2, -0.15) is 0 Å². The van der Waals surface area contributed by atoms with E-state index < -0.39 is 0 Å². The number of carbonyl (C=O) groups is 2. The van der Waals surface area contributed by atoms with Crippen LogP contribution in [-0.4, -0.2) is 29.7 Å². The maximum absolute atomic E-state index is 12.4. The predicted octanol–water partition coefficient (Wildman–Crippen LogP) is 3.85. The highest BCUT2D eigenvalue weighted by Crippen LogP contribution is 2.16. The van der Waals surface area contributed by atoms with Gasteiger partial charge < -0.3 is 4.90 Å². The molecule has 0 saturated carbocycles. The predicted molar refractivity (Wildman–Crippen MR) is 90.8 cm³/mol. The average Bonchev–Trinajstić information content (AvgIpc) is 2.62. The number of rotatable bonds is 3. The number of carbonyl (C=O) groups excluding carboxylic acids is 2. The summed E-state index contributed by atoms with van der Waals surface area (Å²) in [4.78, 5) is 26.8. The second-order valence-electron chi connectivity index (χ2n) is 6.13. The monoisotopic (exact) mass is 307 g/mol. The number of ketones is 1. The maximum atomic E-state index is 12.4. The van der Waals surface area contributed by atoms with Gasteiger partial charge in [-0.15, -0.1) is 0 Å². The first-order chi connectivity index (χ1) is 11.1. The third-order valence-corrected chi connectivity index (χ3v) is 4.35. The van der Waals surface area contributed by atoms with Crippen molar-refractivity contribution in [2.24, 2.45) is 0 Å². The summed E-state index contributed by atoms with van der Waals surface area (Å²) in [5, 5.41) is 0. The minimum absolute atomic E-state index is 0.0121. The smallest absolute Gasteiger partial charge is 0.253 e. The molecule has 0 N–H and O–H groups in total. The van der Waals surface area contributed by atoms with E-state index in [-0.39, 0.29) is 11.7 Å². The van der Waals surface area contributed by atoms with Crippen molar-refractivity contribution in [1.82, 2.24) is 4.90 Å². The van der Waals surface area contributed by atoms with Crippen LogP contribution >= 0.6 is 0 Å². The molecule has 0 unspecified atom stereocenters. The molecule has 0 bridgehead atoms. The lowest BCUT2D eigenvalue weighted by Crippen LogP contribution is -2.35. The Kier molecular flexibility index (Phi) is 4.56. The van der Waals surface area contributed by atoms with Crippen LogP contribution in [0.25, 0.3) is 0 Å². The molecule has 0 aliphatic carbocycles.